The van der Waals surface area contributed by atoms with E-state index in [-0.39, 0.29) is 22.7 Å². The summed E-state index contributed by atoms with van der Waals surface area (Å²) in [5.74, 6) is 0.313. The van der Waals surface area contributed by atoms with Crippen molar-refractivity contribution in [1.29, 1.82) is 5.26 Å². The third kappa shape index (κ3) is 5.05. The van der Waals surface area contributed by atoms with E-state index in [0.29, 0.717) is 16.4 Å². The molecule has 0 radical (unpaired) electrons. The van der Waals surface area contributed by atoms with Gasteiger partial charge in [-0.3, -0.25) is 14.9 Å². The van der Waals surface area contributed by atoms with Crippen molar-refractivity contribution in [2.24, 2.45) is 4.36 Å². The van der Waals surface area contributed by atoms with Crippen LogP contribution in [-0.4, -0.2) is 26.2 Å². The third-order valence-electron chi connectivity index (χ3n) is 4.27. The van der Waals surface area contributed by atoms with Crippen molar-refractivity contribution in [1.82, 2.24) is 4.98 Å². The van der Waals surface area contributed by atoms with Crippen molar-refractivity contribution in [3.05, 3.63) is 88.1 Å². The van der Waals surface area contributed by atoms with Crippen molar-refractivity contribution < 1.29 is 23.1 Å². The summed E-state index contributed by atoms with van der Waals surface area (Å²) in [4.78, 5) is 26.7. The van der Waals surface area contributed by atoms with Crippen LogP contribution < -0.4 is 4.74 Å². The van der Waals surface area contributed by atoms with E-state index in [1.807, 2.05) is 0 Å². The van der Waals surface area contributed by atoms with Crippen LogP contribution in [0, 0.1) is 28.4 Å². The standard InChI is InChI=1S/C21H16N4O6S/c1-14-19(9-10-30-14)21(26)15(11-22)12-24-32(2,29)18-6-4-17(5-7-18)31-20-8-3-16(13-23-20)25(27)28/h3-10,12-13H,1-2H3. The van der Waals surface area contributed by atoms with Crippen molar-refractivity contribution in [2.45, 2.75) is 11.8 Å². The fourth-order valence-electron chi connectivity index (χ4n) is 2.54. The number of carbonyl (C=O) groups is 1. The summed E-state index contributed by atoms with van der Waals surface area (Å²) < 4.78 is 27.5. The van der Waals surface area contributed by atoms with Gasteiger partial charge < -0.3 is 9.15 Å². The highest BCUT2D eigenvalue weighted by Crippen LogP contribution is 2.23. The number of nitrogens with zero attached hydrogens (tertiary/aromatic N) is 4. The van der Waals surface area contributed by atoms with E-state index in [1.54, 1.807) is 13.0 Å². The normalized spacial score (nSPS) is 13.0. The number of furan rings is 1. The van der Waals surface area contributed by atoms with Gasteiger partial charge in [-0.25, -0.2) is 13.6 Å². The number of ketones is 1. The number of hydrogen-bond donors (Lipinski definition) is 0. The number of aryl methyl sites for hydroxylation is 1. The van der Waals surface area contributed by atoms with Gasteiger partial charge in [-0.1, -0.05) is 0 Å². The quantitative estimate of drug-likeness (QED) is 0.168. The molecule has 162 valence electrons. The topological polar surface area (TPSA) is 149 Å². The molecule has 0 aliphatic heterocycles. The lowest BCUT2D eigenvalue weighted by Gasteiger charge is -2.07. The summed E-state index contributed by atoms with van der Waals surface area (Å²) in [6.45, 7) is 1.60. The summed E-state index contributed by atoms with van der Waals surface area (Å²) >= 11 is 0. The second kappa shape index (κ2) is 9.23. The molecule has 2 aromatic heterocycles. The Kier molecular flexibility index (Phi) is 6.46. The second-order valence-corrected chi connectivity index (χ2v) is 8.75. The molecule has 0 saturated carbocycles. The Balaban J connectivity index is 1.79. The minimum Gasteiger partial charge on any atom is -0.469 e. The van der Waals surface area contributed by atoms with Gasteiger partial charge in [0, 0.05) is 23.3 Å². The highest BCUT2D eigenvalue weighted by atomic mass is 32.2. The number of allylic oxidation sites excluding steroid dienone is 1. The number of Topliss-reactive ketones (excluding diaryl/α,β-unsaturated/α-hetero) is 1. The second-order valence-electron chi connectivity index (χ2n) is 6.47. The zero-order valence-electron chi connectivity index (χ0n) is 16.9. The number of pyridine rings is 1. The Morgan fingerprint density at radius 2 is 2.00 bits per heavy atom. The predicted molar refractivity (Wildman–Crippen MR) is 114 cm³/mol. The summed E-state index contributed by atoms with van der Waals surface area (Å²) in [5.41, 5.74) is -0.198. The van der Waals surface area contributed by atoms with Gasteiger partial charge >= 0.3 is 0 Å². The minimum atomic E-state index is -2.96. The van der Waals surface area contributed by atoms with Gasteiger partial charge in [-0.2, -0.15) is 5.26 Å². The smallest absolute Gasteiger partial charge is 0.287 e. The summed E-state index contributed by atoms with van der Waals surface area (Å²) in [6.07, 6.45) is 4.79. The molecule has 0 fully saturated rings. The largest absolute Gasteiger partial charge is 0.469 e. The number of hydrogen-bond acceptors (Lipinski definition) is 9. The predicted octanol–water partition coefficient (Wildman–Crippen LogP) is 4.43. The lowest BCUT2D eigenvalue weighted by atomic mass is 10.1. The van der Waals surface area contributed by atoms with Crippen LogP contribution in [0.4, 0.5) is 5.69 Å². The maximum atomic E-state index is 13.0. The molecule has 0 aliphatic carbocycles. The van der Waals surface area contributed by atoms with Crippen LogP contribution in [0.3, 0.4) is 0 Å². The molecule has 3 aromatic rings. The van der Waals surface area contributed by atoms with Gasteiger partial charge in [0.15, 0.2) is 0 Å². The van der Waals surface area contributed by atoms with Gasteiger partial charge in [0.05, 0.1) is 32.7 Å². The molecule has 1 aromatic carbocycles. The average Bonchev–Trinajstić information content (AvgIpc) is 3.20. The number of aromatic nitrogens is 1. The van der Waals surface area contributed by atoms with Gasteiger partial charge in [-0.15, -0.1) is 0 Å². The lowest BCUT2D eigenvalue weighted by Crippen LogP contribution is -2.03. The van der Waals surface area contributed by atoms with E-state index in [1.165, 1.54) is 55.0 Å². The van der Waals surface area contributed by atoms with Gasteiger partial charge in [0.2, 0.25) is 11.7 Å². The highest BCUT2D eigenvalue weighted by molar-refractivity contribution is 7.93. The maximum absolute atomic E-state index is 13.0. The molecule has 0 aliphatic rings. The maximum Gasteiger partial charge on any atom is 0.287 e. The van der Waals surface area contributed by atoms with Crippen LogP contribution in [0.2, 0.25) is 0 Å². The van der Waals surface area contributed by atoms with Crippen molar-refractivity contribution >= 4 is 21.2 Å². The van der Waals surface area contributed by atoms with Gasteiger partial charge in [0.1, 0.15) is 29.3 Å². The first-order chi connectivity index (χ1) is 15.2. The molecule has 0 amide bonds. The number of benzene rings is 1. The van der Waals surface area contributed by atoms with Gasteiger partial charge in [-0.05, 0) is 37.3 Å². The van der Waals surface area contributed by atoms with E-state index in [2.05, 4.69) is 9.35 Å². The monoisotopic (exact) mass is 452 g/mol. The fourth-order valence-corrected chi connectivity index (χ4v) is 3.61. The zero-order valence-corrected chi connectivity index (χ0v) is 17.7. The Bertz CT molecular complexity index is 1360. The molecule has 0 N–H and O–H groups in total. The van der Waals surface area contributed by atoms with E-state index < -0.39 is 20.4 Å². The lowest BCUT2D eigenvalue weighted by molar-refractivity contribution is -0.385. The van der Waals surface area contributed by atoms with E-state index in [0.717, 1.165) is 12.4 Å². The first-order valence-electron chi connectivity index (χ1n) is 9.00. The molecule has 1 unspecified atom stereocenters. The third-order valence-corrected chi connectivity index (χ3v) is 5.92. The van der Waals surface area contributed by atoms with Crippen molar-refractivity contribution in [3.8, 4) is 17.7 Å². The van der Waals surface area contributed by atoms with Crippen molar-refractivity contribution in [3.63, 3.8) is 0 Å². The van der Waals surface area contributed by atoms with Crippen LogP contribution in [-0.2, 0) is 9.73 Å². The number of nitriles is 1. The Labute approximate surface area is 183 Å². The Morgan fingerprint density at radius 3 is 2.53 bits per heavy atom. The molecule has 32 heavy (non-hydrogen) atoms. The minimum absolute atomic E-state index is 0.153. The molecule has 2 heterocycles. The molecule has 3 rings (SSSR count). The van der Waals surface area contributed by atoms with Crippen LogP contribution in [0.1, 0.15) is 16.1 Å². The van der Waals surface area contributed by atoms with Gasteiger partial charge in [0.25, 0.3) is 5.69 Å². The number of ether oxygens (including phenoxy) is 1. The molecule has 11 heteroatoms. The summed E-state index contributed by atoms with van der Waals surface area (Å²) in [6, 6.07) is 12.0. The SMILES string of the molecule is Cc1occc1C(=O)C(C#N)=CN=S(C)(=O)c1ccc(Oc2ccc([N+](=O)[O-])cn2)cc1. The van der Waals surface area contributed by atoms with E-state index in [9.17, 15) is 24.4 Å². The molecule has 0 spiro atoms. The first-order valence-corrected chi connectivity index (χ1v) is 10.9. The summed E-state index contributed by atoms with van der Waals surface area (Å²) in [5, 5.41) is 20.0. The molecular weight excluding hydrogens is 436 g/mol. The molecule has 10 nitrogen and oxygen atoms in total. The summed E-state index contributed by atoms with van der Waals surface area (Å²) in [7, 11) is -2.96. The highest BCUT2D eigenvalue weighted by Gasteiger charge is 2.17. The number of rotatable bonds is 7. The van der Waals surface area contributed by atoms with Crippen LogP contribution in [0.15, 0.2) is 80.4 Å². The van der Waals surface area contributed by atoms with Crippen molar-refractivity contribution in [2.75, 3.05) is 6.26 Å². The molecule has 0 saturated heterocycles. The molecule has 0 bridgehead atoms. The van der Waals surface area contributed by atoms with E-state index in [4.69, 9.17) is 9.15 Å². The Morgan fingerprint density at radius 1 is 1.28 bits per heavy atom. The van der Waals surface area contributed by atoms with Crippen LogP contribution in [0.25, 0.3) is 0 Å². The van der Waals surface area contributed by atoms with Crippen LogP contribution in [0.5, 0.6) is 11.6 Å². The van der Waals surface area contributed by atoms with E-state index >= 15 is 0 Å². The molecule has 1 atom stereocenters. The Hall–Kier alpha value is -4.30. The average molecular weight is 452 g/mol. The first kappa shape index (κ1) is 22.4. The molecular formula is C21H16N4O6S. The fraction of sp³-hybridized carbons (Fsp3) is 0.0952. The van der Waals surface area contributed by atoms with Crippen LogP contribution >= 0.6 is 0 Å². The number of nitro groups is 1. The number of carbonyl (C=O) groups excluding carboxylic acids is 1. The zero-order chi connectivity index (χ0) is 23.3.